The maximum absolute atomic E-state index is 13.2. The molecule has 1 heterocycles. The van der Waals surface area contributed by atoms with Crippen molar-refractivity contribution in [2.45, 2.75) is 20.4 Å². The minimum absolute atomic E-state index is 0.232. The van der Waals surface area contributed by atoms with E-state index in [1.54, 1.807) is 25.1 Å². The zero-order chi connectivity index (χ0) is 19.6. The Morgan fingerprint density at radius 1 is 1.15 bits per heavy atom. The average molecular weight is 386 g/mol. The number of nitrogens with one attached hydrogen (secondary N) is 1. The number of aryl methyl sites for hydroxylation is 2. The molecule has 0 atom stereocenters. The number of anilines is 1. The molecule has 1 amide bonds. The Morgan fingerprint density at radius 3 is 2.52 bits per heavy atom. The van der Waals surface area contributed by atoms with Crippen LogP contribution in [0.25, 0.3) is 11.4 Å². The molecule has 0 aliphatic carbocycles. The Hall–Kier alpha value is -2.99. The lowest BCUT2D eigenvalue weighted by Gasteiger charge is -2.13. The van der Waals surface area contributed by atoms with Gasteiger partial charge in [-0.2, -0.15) is 0 Å². The van der Waals surface area contributed by atoms with Gasteiger partial charge in [-0.15, -0.1) is 0 Å². The molecular weight excluding hydrogens is 369 g/mol. The number of hydrogen-bond donors (Lipinski definition) is 1. The first kappa shape index (κ1) is 18.8. The summed E-state index contributed by atoms with van der Waals surface area (Å²) in [5.74, 6) is -0.489. The highest BCUT2D eigenvalue weighted by Crippen LogP contribution is 2.20. The molecule has 5 nitrogen and oxygen atoms in total. The van der Waals surface area contributed by atoms with Crippen molar-refractivity contribution >= 4 is 23.2 Å². The fourth-order valence-electron chi connectivity index (χ4n) is 2.61. The zero-order valence-electron chi connectivity index (χ0n) is 14.8. The number of carbonyl (C=O) groups excluding carboxylic acids is 1. The maximum atomic E-state index is 13.2. The highest BCUT2D eigenvalue weighted by atomic mass is 35.5. The predicted octanol–water partition coefficient (Wildman–Crippen LogP) is 3.96. The van der Waals surface area contributed by atoms with Crippen LogP contribution in [0.1, 0.15) is 11.3 Å². The summed E-state index contributed by atoms with van der Waals surface area (Å²) in [5.41, 5.74) is 2.13. The number of amides is 1. The summed E-state index contributed by atoms with van der Waals surface area (Å²) < 4.78 is 14.5. The Morgan fingerprint density at radius 2 is 1.85 bits per heavy atom. The van der Waals surface area contributed by atoms with Gasteiger partial charge in [0.05, 0.1) is 0 Å². The molecule has 2 aromatic carbocycles. The summed E-state index contributed by atoms with van der Waals surface area (Å²) in [7, 11) is 0. The maximum Gasteiger partial charge on any atom is 0.254 e. The monoisotopic (exact) mass is 385 g/mol. The van der Waals surface area contributed by atoms with Gasteiger partial charge in [0.25, 0.3) is 5.56 Å². The molecule has 27 heavy (non-hydrogen) atoms. The van der Waals surface area contributed by atoms with E-state index in [2.05, 4.69) is 10.3 Å². The summed E-state index contributed by atoms with van der Waals surface area (Å²) in [4.78, 5) is 29.2. The fraction of sp³-hybridized carbons (Fsp3) is 0.150. The van der Waals surface area contributed by atoms with Crippen molar-refractivity contribution in [1.29, 1.82) is 0 Å². The second-order valence-corrected chi connectivity index (χ2v) is 6.57. The molecule has 0 fully saturated rings. The highest BCUT2D eigenvalue weighted by Gasteiger charge is 2.14. The predicted molar refractivity (Wildman–Crippen MR) is 103 cm³/mol. The van der Waals surface area contributed by atoms with Gasteiger partial charge in [-0.1, -0.05) is 17.7 Å². The lowest BCUT2D eigenvalue weighted by atomic mass is 10.2. The van der Waals surface area contributed by atoms with Crippen LogP contribution in [-0.4, -0.2) is 15.5 Å². The smallest absolute Gasteiger partial charge is 0.254 e. The van der Waals surface area contributed by atoms with Gasteiger partial charge >= 0.3 is 0 Å². The van der Waals surface area contributed by atoms with E-state index < -0.39 is 11.7 Å². The SMILES string of the molecule is Cc1cc(=O)n(CC(=O)Nc2ccc(C)c(Cl)c2)c(-c2ccc(F)cc2)n1. The highest BCUT2D eigenvalue weighted by molar-refractivity contribution is 6.31. The van der Waals surface area contributed by atoms with E-state index in [-0.39, 0.29) is 12.1 Å². The van der Waals surface area contributed by atoms with Crippen LogP contribution in [0, 0.1) is 19.7 Å². The molecule has 1 aromatic heterocycles. The Balaban J connectivity index is 1.91. The van der Waals surface area contributed by atoms with E-state index >= 15 is 0 Å². The number of benzene rings is 2. The Labute approximate surface area is 160 Å². The third-order valence-electron chi connectivity index (χ3n) is 4.00. The molecule has 3 rings (SSSR count). The Kier molecular flexibility index (Phi) is 5.37. The molecule has 1 N–H and O–H groups in total. The number of carbonyl (C=O) groups is 1. The summed E-state index contributed by atoms with van der Waals surface area (Å²) >= 11 is 6.07. The normalized spacial score (nSPS) is 10.7. The summed E-state index contributed by atoms with van der Waals surface area (Å²) in [6, 6.07) is 12.1. The molecule has 0 unspecified atom stereocenters. The van der Waals surface area contributed by atoms with Crippen molar-refractivity contribution in [2.75, 3.05) is 5.32 Å². The molecule has 7 heteroatoms. The van der Waals surface area contributed by atoms with Crippen LogP contribution < -0.4 is 10.9 Å². The molecule has 0 aliphatic rings. The first-order valence-corrected chi connectivity index (χ1v) is 8.62. The second-order valence-electron chi connectivity index (χ2n) is 6.16. The topological polar surface area (TPSA) is 64.0 Å². The van der Waals surface area contributed by atoms with E-state index in [9.17, 15) is 14.0 Å². The molecule has 0 aliphatic heterocycles. The van der Waals surface area contributed by atoms with Crippen LogP contribution in [0.3, 0.4) is 0 Å². The van der Waals surface area contributed by atoms with E-state index in [4.69, 9.17) is 11.6 Å². The van der Waals surface area contributed by atoms with Crippen LogP contribution in [0.4, 0.5) is 10.1 Å². The number of nitrogens with zero attached hydrogens (tertiary/aromatic N) is 2. The molecule has 138 valence electrons. The largest absolute Gasteiger partial charge is 0.324 e. The van der Waals surface area contributed by atoms with E-state index in [1.807, 2.05) is 6.92 Å². The lowest BCUT2D eigenvalue weighted by Crippen LogP contribution is -2.29. The number of rotatable bonds is 4. The standard InChI is InChI=1S/C20H17ClFN3O2/c1-12-3-8-16(10-17(12)21)24-18(26)11-25-19(27)9-13(2)23-20(25)14-4-6-15(22)7-5-14/h3-10H,11H2,1-2H3,(H,24,26). The average Bonchev–Trinajstić information content (AvgIpc) is 2.61. The summed E-state index contributed by atoms with van der Waals surface area (Å²) in [5, 5.41) is 3.25. The summed E-state index contributed by atoms with van der Waals surface area (Å²) in [6.07, 6.45) is 0. The van der Waals surface area contributed by atoms with Gasteiger partial charge < -0.3 is 5.32 Å². The van der Waals surface area contributed by atoms with Gasteiger partial charge in [0.2, 0.25) is 5.91 Å². The molecule has 0 saturated carbocycles. The van der Waals surface area contributed by atoms with Crippen LogP contribution >= 0.6 is 11.6 Å². The summed E-state index contributed by atoms with van der Waals surface area (Å²) in [6.45, 7) is 3.32. The van der Waals surface area contributed by atoms with Gasteiger partial charge in [0.1, 0.15) is 18.2 Å². The molecule has 0 spiro atoms. The van der Waals surface area contributed by atoms with Crippen molar-refractivity contribution in [3.63, 3.8) is 0 Å². The number of aromatic nitrogens is 2. The van der Waals surface area contributed by atoms with Gasteiger partial charge in [0.15, 0.2) is 0 Å². The van der Waals surface area contributed by atoms with Crippen molar-refractivity contribution in [2.24, 2.45) is 0 Å². The van der Waals surface area contributed by atoms with E-state index in [0.717, 1.165) is 5.56 Å². The van der Waals surface area contributed by atoms with Gasteiger partial charge in [-0.05, 0) is 55.8 Å². The molecular formula is C20H17ClFN3O2. The molecule has 3 aromatic rings. The fourth-order valence-corrected chi connectivity index (χ4v) is 2.79. The van der Waals surface area contributed by atoms with Crippen LogP contribution in [0.2, 0.25) is 5.02 Å². The number of halogens is 2. The first-order valence-electron chi connectivity index (χ1n) is 8.24. The van der Waals surface area contributed by atoms with Gasteiger partial charge in [-0.25, -0.2) is 9.37 Å². The van der Waals surface area contributed by atoms with Gasteiger partial charge in [-0.3, -0.25) is 14.2 Å². The van der Waals surface area contributed by atoms with E-state index in [0.29, 0.717) is 27.8 Å². The number of hydrogen-bond acceptors (Lipinski definition) is 3. The minimum atomic E-state index is -0.397. The van der Waals surface area contributed by atoms with Crippen molar-refractivity contribution in [1.82, 2.24) is 9.55 Å². The van der Waals surface area contributed by atoms with Crippen molar-refractivity contribution in [3.05, 3.63) is 81.0 Å². The first-order chi connectivity index (χ1) is 12.8. The van der Waals surface area contributed by atoms with Crippen LogP contribution in [0.5, 0.6) is 0 Å². The molecule has 0 saturated heterocycles. The third-order valence-corrected chi connectivity index (χ3v) is 4.40. The van der Waals surface area contributed by atoms with E-state index in [1.165, 1.54) is 34.9 Å². The van der Waals surface area contributed by atoms with Crippen LogP contribution in [0.15, 0.2) is 53.3 Å². The second kappa shape index (κ2) is 7.72. The quantitative estimate of drug-likeness (QED) is 0.739. The zero-order valence-corrected chi connectivity index (χ0v) is 15.5. The lowest BCUT2D eigenvalue weighted by molar-refractivity contribution is -0.116. The van der Waals surface area contributed by atoms with Crippen molar-refractivity contribution < 1.29 is 9.18 Å². The third kappa shape index (κ3) is 4.41. The Bertz CT molecular complexity index is 1060. The molecule has 0 bridgehead atoms. The van der Waals surface area contributed by atoms with Gasteiger partial charge in [0, 0.05) is 28.0 Å². The van der Waals surface area contributed by atoms with Crippen LogP contribution in [-0.2, 0) is 11.3 Å². The van der Waals surface area contributed by atoms with Crippen molar-refractivity contribution in [3.8, 4) is 11.4 Å². The molecule has 0 radical (unpaired) electrons. The minimum Gasteiger partial charge on any atom is -0.324 e.